The Morgan fingerprint density at radius 2 is 2.04 bits per heavy atom. The summed E-state index contributed by atoms with van der Waals surface area (Å²) in [4.78, 5) is 2.48. The van der Waals surface area contributed by atoms with Crippen molar-refractivity contribution in [2.75, 3.05) is 38.6 Å². The van der Waals surface area contributed by atoms with Gasteiger partial charge in [-0.1, -0.05) is 33.6 Å². The lowest BCUT2D eigenvalue weighted by atomic mass is 9.67. The van der Waals surface area contributed by atoms with Gasteiger partial charge in [-0.25, -0.2) is 0 Å². The minimum absolute atomic E-state index is 0.00136. The molecule has 4 atom stereocenters. The van der Waals surface area contributed by atoms with Crippen LogP contribution in [0.15, 0.2) is 0 Å². The van der Waals surface area contributed by atoms with Crippen LogP contribution in [0.3, 0.4) is 0 Å². The number of piperidine rings is 1. The van der Waals surface area contributed by atoms with Gasteiger partial charge in [0.05, 0.1) is 12.0 Å². The molecule has 0 saturated carbocycles. The Labute approximate surface area is 166 Å². The molecule has 2 saturated heterocycles. The fourth-order valence-electron chi connectivity index (χ4n) is 4.52. The molecule has 4 nitrogen and oxygen atoms in total. The van der Waals surface area contributed by atoms with Crippen LogP contribution >= 0.6 is 12.6 Å². The highest BCUT2D eigenvalue weighted by atomic mass is 32.1. The Morgan fingerprint density at radius 3 is 2.65 bits per heavy atom. The van der Waals surface area contributed by atoms with Crippen molar-refractivity contribution in [1.29, 1.82) is 5.41 Å². The number of nitrogens with one attached hydrogen (secondary N) is 1. The van der Waals surface area contributed by atoms with Crippen LogP contribution in [0.2, 0.25) is 0 Å². The zero-order valence-electron chi connectivity index (χ0n) is 17.1. The summed E-state index contributed by atoms with van der Waals surface area (Å²) in [6, 6.07) is 0. The van der Waals surface area contributed by atoms with Gasteiger partial charge in [-0.2, -0.15) is 12.6 Å². The summed E-state index contributed by atoms with van der Waals surface area (Å²) in [7, 11) is 0. The number of likely N-dealkylation sites (tertiary alicyclic amines) is 1. The molecule has 152 valence electrons. The van der Waals surface area contributed by atoms with E-state index < -0.39 is 0 Å². The number of hydrogen-bond acceptors (Lipinski definition) is 5. The van der Waals surface area contributed by atoms with Crippen LogP contribution < -0.4 is 0 Å². The van der Waals surface area contributed by atoms with E-state index in [1.54, 1.807) is 0 Å². The summed E-state index contributed by atoms with van der Waals surface area (Å²) in [5.74, 6) is 2.28. The molecule has 0 aromatic carbocycles. The first kappa shape index (κ1) is 22.0. The first-order valence-electron chi connectivity index (χ1n) is 10.7. The highest BCUT2D eigenvalue weighted by Crippen LogP contribution is 2.43. The Balaban J connectivity index is 2.03. The van der Waals surface area contributed by atoms with Gasteiger partial charge in [-0.15, -0.1) is 0 Å². The van der Waals surface area contributed by atoms with E-state index in [4.69, 9.17) is 14.9 Å². The van der Waals surface area contributed by atoms with E-state index in [9.17, 15) is 0 Å². The molecule has 0 bridgehead atoms. The van der Waals surface area contributed by atoms with Gasteiger partial charge in [0.2, 0.25) is 0 Å². The summed E-state index contributed by atoms with van der Waals surface area (Å²) in [5, 5.41) is 8.86. The minimum atomic E-state index is -0.259. The van der Waals surface area contributed by atoms with E-state index >= 15 is 0 Å². The number of hydrogen-bond donors (Lipinski definition) is 2. The van der Waals surface area contributed by atoms with Gasteiger partial charge in [0.15, 0.2) is 5.90 Å². The molecule has 2 fully saturated rings. The quantitative estimate of drug-likeness (QED) is 0.346. The normalized spacial score (nSPS) is 29.9. The molecule has 1 N–H and O–H groups in total. The van der Waals surface area contributed by atoms with Crippen LogP contribution in [-0.4, -0.2) is 55.5 Å². The fourth-order valence-corrected chi connectivity index (χ4v) is 4.71. The molecule has 2 aliphatic heterocycles. The van der Waals surface area contributed by atoms with Crippen molar-refractivity contribution in [3.8, 4) is 0 Å². The predicted octanol–water partition coefficient (Wildman–Crippen LogP) is 4.63. The molecular weight excluding hydrogens is 344 g/mol. The zero-order valence-corrected chi connectivity index (χ0v) is 18.0. The average molecular weight is 385 g/mol. The van der Waals surface area contributed by atoms with Crippen molar-refractivity contribution in [2.45, 2.75) is 71.8 Å². The summed E-state index contributed by atoms with van der Waals surface area (Å²) in [5.41, 5.74) is -0.259. The first-order chi connectivity index (χ1) is 12.6. The van der Waals surface area contributed by atoms with E-state index in [-0.39, 0.29) is 11.5 Å². The number of nitrogens with zero attached hydrogens (tertiary/aromatic N) is 1. The zero-order chi connectivity index (χ0) is 19.0. The van der Waals surface area contributed by atoms with E-state index in [1.807, 2.05) is 0 Å². The van der Waals surface area contributed by atoms with E-state index in [2.05, 4.69) is 38.3 Å². The van der Waals surface area contributed by atoms with Crippen LogP contribution in [-0.2, 0) is 9.47 Å². The molecule has 2 rings (SSSR count). The van der Waals surface area contributed by atoms with Crippen LogP contribution in [0, 0.1) is 22.7 Å². The average Bonchev–Trinajstić information content (AvgIpc) is 2.68. The molecule has 0 aromatic heterocycles. The molecule has 0 amide bonds. The first-order valence-corrected chi connectivity index (χ1v) is 11.4. The van der Waals surface area contributed by atoms with Gasteiger partial charge in [-0.05, 0) is 57.0 Å². The molecule has 0 aromatic rings. The molecule has 4 unspecified atom stereocenters. The third-order valence-corrected chi connectivity index (χ3v) is 7.02. The topological polar surface area (TPSA) is 45.6 Å². The highest BCUT2D eigenvalue weighted by molar-refractivity contribution is 7.80. The van der Waals surface area contributed by atoms with Gasteiger partial charge in [0.25, 0.3) is 0 Å². The smallest absolute Gasteiger partial charge is 0.189 e. The predicted molar refractivity (Wildman–Crippen MR) is 112 cm³/mol. The third kappa shape index (κ3) is 5.62. The SMILES string of the molecule is CCC(C)CC1CCOCC1(CC)C(=N)OC(CS)CN1CCCCC1. The van der Waals surface area contributed by atoms with Crippen molar-refractivity contribution in [2.24, 2.45) is 17.3 Å². The summed E-state index contributed by atoms with van der Waals surface area (Å²) < 4.78 is 12.1. The summed E-state index contributed by atoms with van der Waals surface area (Å²) >= 11 is 4.52. The largest absolute Gasteiger partial charge is 0.475 e. The maximum atomic E-state index is 8.86. The standard InChI is InChI=1S/C21H40N2O2S/c1-4-17(3)13-18-9-12-24-16-21(18,5-2)20(22)25-19(15-26)14-23-10-7-6-8-11-23/h17-19,22,26H,4-16H2,1-3H3. The molecule has 0 aliphatic carbocycles. The van der Waals surface area contributed by atoms with Crippen molar-refractivity contribution >= 4 is 18.5 Å². The molecule has 5 heteroatoms. The second-order valence-electron chi connectivity index (χ2n) is 8.41. The maximum Gasteiger partial charge on any atom is 0.189 e. The molecule has 0 radical (unpaired) electrons. The Hall–Kier alpha value is -0.260. The Morgan fingerprint density at radius 1 is 1.31 bits per heavy atom. The molecule has 2 heterocycles. The van der Waals surface area contributed by atoms with Gasteiger partial charge in [-0.3, -0.25) is 10.3 Å². The molecule has 2 aliphatic rings. The lowest BCUT2D eigenvalue weighted by molar-refractivity contribution is -0.0396. The fraction of sp³-hybridized carbons (Fsp3) is 0.952. The number of thiol groups is 1. The monoisotopic (exact) mass is 384 g/mol. The van der Waals surface area contributed by atoms with Crippen LogP contribution in [0.4, 0.5) is 0 Å². The van der Waals surface area contributed by atoms with Gasteiger partial charge in [0, 0.05) is 18.9 Å². The lowest BCUT2D eigenvalue weighted by Crippen LogP contribution is -2.49. The van der Waals surface area contributed by atoms with E-state index in [1.165, 1.54) is 25.7 Å². The Bertz CT molecular complexity index is 428. The van der Waals surface area contributed by atoms with Crippen LogP contribution in [0.25, 0.3) is 0 Å². The second-order valence-corrected chi connectivity index (χ2v) is 8.77. The molecule has 26 heavy (non-hydrogen) atoms. The second kappa shape index (κ2) is 10.9. The number of rotatable bonds is 9. The van der Waals surface area contributed by atoms with E-state index in [0.29, 0.717) is 30.1 Å². The third-order valence-electron chi connectivity index (χ3n) is 6.62. The summed E-state index contributed by atoms with van der Waals surface area (Å²) in [6.45, 7) is 11.4. The van der Waals surface area contributed by atoms with Gasteiger partial charge in [0.1, 0.15) is 6.10 Å². The lowest BCUT2D eigenvalue weighted by Gasteiger charge is -2.45. The van der Waals surface area contributed by atoms with Crippen molar-refractivity contribution in [3.63, 3.8) is 0 Å². The minimum Gasteiger partial charge on any atom is -0.475 e. The summed E-state index contributed by atoms with van der Waals surface area (Å²) in [6.07, 6.45) is 8.21. The van der Waals surface area contributed by atoms with Gasteiger partial charge < -0.3 is 9.47 Å². The van der Waals surface area contributed by atoms with Crippen LogP contribution in [0.5, 0.6) is 0 Å². The van der Waals surface area contributed by atoms with Crippen molar-refractivity contribution < 1.29 is 9.47 Å². The van der Waals surface area contributed by atoms with Crippen molar-refractivity contribution in [1.82, 2.24) is 4.90 Å². The maximum absolute atomic E-state index is 8.86. The molecular formula is C21H40N2O2S. The Kier molecular flexibility index (Phi) is 9.25. The van der Waals surface area contributed by atoms with Crippen molar-refractivity contribution in [3.05, 3.63) is 0 Å². The van der Waals surface area contributed by atoms with E-state index in [0.717, 1.165) is 45.5 Å². The van der Waals surface area contributed by atoms with Gasteiger partial charge >= 0.3 is 0 Å². The van der Waals surface area contributed by atoms with Crippen LogP contribution in [0.1, 0.15) is 65.7 Å². The molecule has 0 spiro atoms. The highest BCUT2D eigenvalue weighted by Gasteiger charge is 2.46. The number of ether oxygens (including phenoxy) is 2.